The molecule has 0 radical (unpaired) electrons. The van der Waals surface area contributed by atoms with Crippen molar-refractivity contribution in [3.63, 3.8) is 0 Å². The highest BCUT2D eigenvalue weighted by Gasteiger charge is 2.24. The van der Waals surface area contributed by atoms with E-state index >= 15 is 0 Å². The number of likely N-dealkylation sites (N-methyl/N-ethyl adjacent to an activating group) is 1. The SMILES string of the molecule is CN(Cc1ccccc1)CC(C)(C)NC(=O)c1ccon1. The second-order valence-corrected chi connectivity index (χ2v) is 5.88. The summed E-state index contributed by atoms with van der Waals surface area (Å²) in [6.45, 7) is 5.55. The van der Waals surface area contributed by atoms with Gasteiger partial charge < -0.3 is 9.84 Å². The number of rotatable bonds is 6. The number of benzene rings is 1. The molecular weight excluding hydrogens is 266 g/mol. The van der Waals surface area contributed by atoms with Crippen LogP contribution in [0.5, 0.6) is 0 Å². The molecule has 0 unspecified atom stereocenters. The fourth-order valence-electron chi connectivity index (χ4n) is 2.37. The molecule has 2 aromatic rings. The van der Waals surface area contributed by atoms with Crippen molar-refractivity contribution >= 4 is 5.91 Å². The van der Waals surface area contributed by atoms with E-state index in [1.54, 1.807) is 6.07 Å². The van der Waals surface area contributed by atoms with Gasteiger partial charge in [-0.2, -0.15) is 0 Å². The van der Waals surface area contributed by atoms with E-state index in [2.05, 4.69) is 32.0 Å². The van der Waals surface area contributed by atoms with Gasteiger partial charge in [-0.1, -0.05) is 35.5 Å². The molecule has 1 N–H and O–H groups in total. The molecule has 21 heavy (non-hydrogen) atoms. The molecule has 2 rings (SSSR count). The minimum absolute atomic E-state index is 0.220. The van der Waals surface area contributed by atoms with Crippen molar-refractivity contribution in [2.45, 2.75) is 25.9 Å². The molecule has 0 spiro atoms. The first kappa shape index (κ1) is 15.3. The Morgan fingerprint density at radius 1 is 1.29 bits per heavy atom. The summed E-state index contributed by atoms with van der Waals surface area (Å²) in [4.78, 5) is 14.2. The minimum Gasteiger partial charge on any atom is -0.364 e. The standard InChI is InChI=1S/C16H21N3O2/c1-16(2,17-15(20)14-9-10-21-18-14)12-19(3)11-13-7-5-4-6-8-13/h4-10H,11-12H2,1-3H3,(H,17,20). The molecule has 112 valence electrons. The van der Waals surface area contributed by atoms with Crippen molar-refractivity contribution in [3.8, 4) is 0 Å². The van der Waals surface area contributed by atoms with Gasteiger partial charge in [-0.25, -0.2) is 0 Å². The lowest BCUT2D eigenvalue weighted by atomic mass is 10.0. The van der Waals surface area contributed by atoms with Crippen LogP contribution in [0.3, 0.4) is 0 Å². The lowest BCUT2D eigenvalue weighted by Gasteiger charge is -2.31. The summed E-state index contributed by atoms with van der Waals surface area (Å²) < 4.78 is 4.69. The van der Waals surface area contributed by atoms with E-state index in [9.17, 15) is 4.79 Å². The smallest absolute Gasteiger partial charge is 0.273 e. The summed E-state index contributed by atoms with van der Waals surface area (Å²) in [5, 5.41) is 6.62. The van der Waals surface area contributed by atoms with E-state index in [1.807, 2.05) is 39.1 Å². The van der Waals surface area contributed by atoms with Crippen LogP contribution < -0.4 is 5.32 Å². The third kappa shape index (κ3) is 4.72. The van der Waals surface area contributed by atoms with Gasteiger partial charge in [0.05, 0.1) is 0 Å². The van der Waals surface area contributed by atoms with E-state index in [0.29, 0.717) is 5.69 Å². The maximum atomic E-state index is 12.0. The number of aromatic nitrogens is 1. The first-order valence-corrected chi connectivity index (χ1v) is 6.92. The average Bonchev–Trinajstić information content (AvgIpc) is 2.92. The molecule has 0 saturated heterocycles. The largest absolute Gasteiger partial charge is 0.364 e. The number of nitrogens with one attached hydrogen (secondary N) is 1. The second-order valence-electron chi connectivity index (χ2n) is 5.88. The van der Waals surface area contributed by atoms with Crippen molar-refractivity contribution in [1.82, 2.24) is 15.4 Å². The molecule has 1 aromatic carbocycles. The van der Waals surface area contributed by atoms with E-state index in [4.69, 9.17) is 0 Å². The Balaban J connectivity index is 1.89. The van der Waals surface area contributed by atoms with Gasteiger partial charge in [-0.05, 0) is 26.5 Å². The van der Waals surface area contributed by atoms with Gasteiger partial charge in [0.15, 0.2) is 5.69 Å². The molecule has 0 atom stereocenters. The van der Waals surface area contributed by atoms with Crippen molar-refractivity contribution in [1.29, 1.82) is 0 Å². The van der Waals surface area contributed by atoms with E-state index in [1.165, 1.54) is 11.8 Å². The van der Waals surface area contributed by atoms with Crippen molar-refractivity contribution in [2.75, 3.05) is 13.6 Å². The first-order chi connectivity index (χ1) is 9.96. The van der Waals surface area contributed by atoms with Gasteiger partial charge in [0.25, 0.3) is 5.91 Å². The molecule has 1 heterocycles. The maximum absolute atomic E-state index is 12.0. The summed E-state index contributed by atoms with van der Waals surface area (Å²) in [6, 6.07) is 11.8. The summed E-state index contributed by atoms with van der Waals surface area (Å²) in [6.07, 6.45) is 1.39. The summed E-state index contributed by atoms with van der Waals surface area (Å²) >= 11 is 0. The van der Waals surface area contributed by atoms with Crippen LogP contribution in [0, 0.1) is 0 Å². The molecule has 0 fully saturated rings. The Kier molecular flexibility index (Phi) is 4.75. The molecule has 0 aliphatic carbocycles. The Hall–Kier alpha value is -2.14. The molecule has 1 aromatic heterocycles. The normalized spacial score (nSPS) is 11.6. The fraction of sp³-hybridized carbons (Fsp3) is 0.375. The minimum atomic E-state index is -0.362. The van der Waals surface area contributed by atoms with Crippen molar-refractivity contribution in [2.24, 2.45) is 0 Å². The molecular formula is C16H21N3O2. The van der Waals surface area contributed by atoms with Crippen LogP contribution in [0.1, 0.15) is 29.9 Å². The Labute approximate surface area is 124 Å². The molecule has 0 bridgehead atoms. The van der Waals surface area contributed by atoms with Gasteiger partial charge in [-0.3, -0.25) is 9.69 Å². The molecule has 0 aliphatic rings. The zero-order chi connectivity index (χ0) is 15.3. The Morgan fingerprint density at radius 2 is 2.00 bits per heavy atom. The number of carbonyl (C=O) groups is 1. The van der Waals surface area contributed by atoms with Crippen molar-refractivity contribution in [3.05, 3.63) is 53.9 Å². The van der Waals surface area contributed by atoms with Gasteiger partial charge in [0.1, 0.15) is 6.26 Å². The highest BCUT2D eigenvalue weighted by Crippen LogP contribution is 2.10. The van der Waals surface area contributed by atoms with Crippen LogP contribution in [-0.2, 0) is 6.54 Å². The van der Waals surface area contributed by atoms with Crippen LogP contribution in [0.2, 0.25) is 0 Å². The number of carbonyl (C=O) groups excluding carboxylic acids is 1. The topological polar surface area (TPSA) is 58.4 Å². The molecule has 0 saturated carbocycles. The van der Waals surface area contributed by atoms with Gasteiger partial charge in [-0.15, -0.1) is 0 Å². The quantitative estimate of drug-likeness (QED) is 0.886. The zero-order valence-corrected chi connectivity index (χ0v) is 12.7. The molecule has 0 aliphatic heterocycles. The van der Waals surface area contributed by atoms with E-state index in [-0.39, 0.29) is 11.4 Å². The summed E-state index contributed by atoms with van der Waals surface area (Å²) in [5.74, 6) is -0.220. The lowest BCUT2D eigenvalue weighted by Crippen LogP contribution is -2.50. The van der Waals surface area contributed by atoms with Gasteiger partial charge in [0, 0.05) is 24.7 Å². The van der Waals surface area contributed by atoms with E-state index < -0.39 is 0 Å². The van der Waals surface area contributed by atoms with Crippen LogP contribution >= 0.6 is 0 Å². The molecule has 5 heteroatoms. The van der Waals surface area contributed by atoms with E-state index in [0.717, 1.165) is 13.1 Å². The van der Waals surface area contributed by atoms with Gasteiger partial charge in [0.2, 0.25) is 0 Å². The third-order valence-electron chi connectivity index (χ3n) is 3.08. The van der Waals surface area contributed by atoms with Crippen molar-refractivity contribution < 1.29 is 9.32 Å². The maximum Gasteiger partial charge on any atom is 0.273 e. The number of nitrogens with zero attached hydrogens (tertiary/aromatic N) is 2. The molecule has 5 nitrogen and oxygen atoms in total. The van der Waals surface area contributed by atoms with Crippen LogP contribution in [-0.4, -0.2) is 35.1 Å². The Bertz CT molecular complexity index is 564. The summed E-state index contributed by atoms with van der Waals surface area (Å²) in [5.41, 5.74) is 1.19. The third-order valence-corrected chi connectivity index (χ3v) is 3.08. The lowest BCUT2D eigenvalue weighted by molar-refractivity contribution is 0.0883. The average molecular weight is 287 g/mol. The monoisotopic (exact) mass is 287 g/mol. The second kappa shape index (κ2) is 6.54. The summed E-state index contributed by atoms with van der Waals surface area (Å²) in [7, 11) is 2.04. The number of hydrogen-bond donors (Lipinski definition) is 1. The molecule has 1 amide bonds. The Morgan fingerprint density at radius 3 is 2.62 bits per heavy atom. The highest BCUT2D eigenvalue weighted by atomic mass is 16.5. The number of amides is 1. The predicted octanol–water partition coefficient (Wildman–Crippen LogP) is 2.32. The van der Waals surface area contributed by atoms with Crippen LogP contribution in [0.25, 0.3) is 0 Å². The van der Waals surface area contributed by atoms with Gasteiger partial charge >= 0.3 is 0 Å². The van der Waals surface area contributed by atoms with Crippen LogP contribution in [0.15, 0.2) is 47.2 Å². The fourth-order valence-corrected chi connectivity index (χ4v) is 2.37. The zero-order valence-electron chi connectivity index (χ0n) is 12.7. The highest BCUT2D eigenvalue weighted by molar-refractivity contribution is 5.92. The first-order valence-electron chi connectivity index (χ1n) is 6.92. The predicted molar refractivity (Wildman–Crippen MR) is 80.8 cm³/mol. The van der Waals surface area contributed by atoms with Crippen LogP contribution in [0.4, 0.5) is 0 Å². The number of hydrogen-bond acceptors (Lipinski definition) is 4.